The minimum atomic E-state index is -0.0974. The Kier molecular flexibility index (Phi) is 5.76. The van der Waals surface area contributed by atoms with Gasteiger partial charge in [0.1, 0.15) is 0 Å². The van der Waals surface area contributed by atoms with Crippen molar-refractivity contribution in [2.45, 2.75) is 12.8 Å². The molecule has 1 fully saturated rings. The van der Waals surface area contributed by atoms with Crippen LogP contribution in [0.25, 0.3) is 11.3 Å². The monoisotopic (exact) mass is 452 g/mol. The van der Waals surface area contributed by atoms with Crippen molar-refractivity contribution in [2.75, 3.05) is 18.4 Å². The molecule has 2 N–H and O–H groups in total. The Morgan fingerprint density at radius 1 is 1.07 bits per heavy atom. The molecule has 0 radical (unpaired) electrons. The number of nitrogens with one attached hydrogen (secondary N) is 2. The largest absolute Gasteiger partial charge is 0.339 e. The van der Waals surface area contributed by atoms with Crippen molar-refractivity contribution in [2.24, 2.45) is 5.92 Å². The standard InChI is InChI=1S/C22H21BrN4O2/c23-18-6-4-16(5-7-18)22(29)27-12-9-15(10-13-27)21(28)25-19-3-1-2-17(14-19)20-8-11-24-26-20/h1-8,11,14-15H,9-10,12-13H2,(H,24,26)(H,25,28). The molecule has 0 spiro atoms. The van der Waals surface area contributed by atoms with E-state index in [1.165, 1.54) is 0 Å². The molecule has 2 heterocycles. The molecular formula is C22H21BrN4O2. The molecule has 0 aliphatic carbocycles. The molecule has 148 valence electrons. The highest BCUT2D eigenvalue weighted by Gasteiger charge is 2.28. The van der Waals surface area contributed by atoms with Crippen molar-refractivity contribution < 1.29 is 9.59 Å². The molecule has 0 saturated carbocycles. The van der Waals surface area contributed by atoms with E-state index < -0.39 is 0 Å². The average Bonchev–Trinajstić information content (AvgIpc) is 3.29. The number of halogens is 1. The van der Waals surface area contributed by atoms with E-state index in [1.54, 1.807) is 6.20 Å². The van der Waals surface area contributed by atoms with Gasteiger partial charge in [-0.15, -0.1) is 0 Å². The van der Waals surface area contributed by atoms with Crippen LogP contribution in [0.4, 0.5) is 5.69 Å². The van der Waals surface area contributed by atoms with Gasteiger partial charge in [0, 0.05) is 46.5 Å². The van der Waals surface area contributed by atoms with Crippen LogP contribution in [0, 0.1) is 5.92 Å². The van der Waals surface area contributed by atoms with Crippen molar-refractivity contribution in [3.8, 4) is 11.3 Å². The van der Waals surface area contributed by atoms with E-state index in [9.17, 15) is 9.59 Å². The third-order valence-electron chi connectivity index (χ3n) is 5.19. The van der Waals surface area contributed by atoms with Crippen LogP contribution in [-0.2, 0) is 4.79 Å². The van der Waals surface area contributed by atoms with Crippen LogP contribution in [0.15, 0.2) is 65.3 Å². The van der Waals surface area contributed by atoms with E-state index in [-0.39, 0.29) is 17.7 Å². The van der Waals surface area contributed by atoms with Crippen molar-refractivity contribution in [3.05, 3.63) is 70.8 Å². The summed E-state index contributed by atoms with van der Waals surface area (Å²) in [6.07, 6.45) is 3.02. The Balaban J connectivity index is 1.34. The summed E-state index contributed by atoms with van der Waals surface area (Å²) in [5, 5.41) is 9.90. The van der Waals surface area contributed by atoms with E-state index in [0.29, 0.717) is 31.5 Å². The van der Waals surface area contributed by atoms with Gasteiger partial charge in [0.15, 0.2) is 0 Å². The summed E-state index contributed by atoms with van der Waals surface area (Å²) in [5.41, 5.74) is 3.30. The van der Waals surface area contributed by atoms with Crippen LogP contribution in [0.5, 0.6) is 0 Å². The number of H-pyrrole nitrogens is 1. The predicted octanol–water partition coefficient (Wildman–Crippen LogP) is 4.33. The van der Waals surface area contributed by atoms with Crippen molar-refractivity contribution >= 4 is 33.4 Å². The number of anilines is 1. The maximum Gasteiger partial charge on any atom is 0.253 e. The molecule has 7 heteroatoms. The molecule has 3 aromatic rings. The lowest BCUT2D eigenvalue weighted by Crippen LogP contribution is -2.41. The molecule has 0 atom stereocenters. The molecular weight excluding hydrogens is 432 g/mol. The lowest BCUT2D eigenvalue weighted by molar-refractivity contribution is -0.121. The number of hydrogen-bond donors (Lipinski definition) is 2. The summed E-state index contributed by atoms with van der Waals surface area (Å²) >= 11 is 3.38. The number of carbonyl (C=O) groups excluding carboxylic acids is 2. The highest BCUT2D eigenvalue weighted by molar-refractivity contribution is 9.10. The second-order valence-electron chi connectivity index (χ2n) is 7.11. The third-order valence-corrected chi connectivity index (χ3v) is 5.71. The smallest absolute Gasteiger partial charge is 0.253 e. The first kappa shape index (κ1) is 19.4. The van der Waals surface area contributed by atoms with E-state index in [0.717, 1.165) is 21.4 Å². The Bertz CT molecular complexity index is 994. The van der Waals surface area contributed by atoms with Gasteiger partial charge in [-0.05, 0) is 55.3 Å². The highest BCUT2D eigenvalue weighted by Crippen LogP contribution is 2.24. The Morgan fingerprint density at radius 3 is 2.52 bits per heavy atom. The van der Waals surface area contributed by atoms with Crippen LogP contribution in [0.1, 0.15) is 23.2 Å². The second-order valence-corrected chi connectivity index (χ2v) is 8.03. The second kappa shape index (κ2) is 8.61. The zero-order valence-electron chi connectivity index (χ0n) is 15.8. The van der Waals surface area contributed by atoms with Gasteiger partial charge in [-0.3, -0.25) is 14.7 Å². The molecule has 0 bridgehead atoms. The molecule has 1 saturated heterocycles. The normalized spacial score (nSPS) is 14.6. The molecule has 0 unspecified atom stereocenters. The lowest BCUT2D eigenvalue weighted by Gasteiger charge is -2.31. The molecule has 1 aliphatic heterocycles. The number of likely N-dealkylation sites (tertiary alicyclic amines) is 1. The highest BCUT2D eigenvalue weighted by atomic mass is 79.9. The topological polar surface area (TPSA) is 78.1 Å². The maximum absolute atomic E-state index is 12.7. The Hall–Kier alpha value is -2.93. The van der Waals surface area contributed by atoms with Gasteiger partial charge in [-0.25, -0.2) is 0 Å². The van der Waals surface area contributed by atoms with Gasteiger partial charge in [0.2, 0.25) is 5.91 Å². The number of hydrogen-bond acceptors (Lipinski definition) is 3. The first-order valence-corrected chi connectivity index (χ1v) is 10.3. The number of amides is 2. The zero-order valence-corrected chi connectivity index (χ0v) is 17.4. The van der Waals surface area contributed by atoms with E-state index in [2.05, 4.69) is 31.4 Å². The van der Waals surface area contributed by atoms with Gasteiger partial charge >= 0.3 is 0 Å². The van der Waals surface area contributed by atoms with Crippen LogP contribution >= 0.6 is 15.9 Å². The van der Waals surface area contributed by atoms with Crippen molar-refractivity contribution in [1.29, 1.82) is 0 Å². The Labute approximate surface area is 177 Å². The fourth-order valence-electron chi connectivity index (χ4n) is 3.55. The molecule has 2 aromatic carbocycles. The SMILES string of the molecule is O=C(Nc1cccc(-c2ccn[nH]2)c1)C1CCN(C(=O)c2ccc(Br)cc2)CC1. The first-order chi connectivity index (χ1) is 14.1. The zero-order chi connectivity index (χ0) is 20.2. The summed E-state index contributed by atoms with van der Waals surface area (Å²) in [7, 11) is 0. The number of piperidine rings is 1. The van der Waals surface area contributed by atoms with Gasteiger partial charge in [-0.2, -0.15) is 5.10 Å². The van der Waals surface area contributed by atoms with E-state index >= 15 is 0 Å². The van der Waals surface area contributed by atoms with Crippen LogP contribution in [-0.4, -0.2) is 40.0 Å². The fourth-order valence-corrected chi connectivity index (χ4v) is 3.81. The summed E-state index contributed by atoms with van der Waals surface area (Å²) < 4.78 is 0.945. The number of aromatic amines is 1. The number of carbonyl (C=O) groups is 2. The minimum Gasteiger partial charge on any atom is -0.339 e. The molecule has 2 amide bonds. The maximum atomic E-state index is 12.7. The lowest BCUT2D eigenvalue weighted by atomic mass is 9.95. The van der Waals surface area contributed by atoms with Gasteiger partial charge in [0.25, 0.3) is 5.91 Å². The number of benzene rings is 2. The molecule has 4 rings (SSSR count). The summed E-state index contributed by atoms with van der Waals surface area (Å²) in [4.78, 5) is 27.2. The van der Waals surface area contributed by atoms with Crippen LogP contribution in [0.2, 0.25) is 0 Å². The van der Waals surface area contributed by atoms with Gasteiger partial charge in [-0.1, -0.05) is 28.1 Å². The minimum absolute atomic E-state index is 0.00232. The number of aromatic nitrogens is 2. The predicted molar refractivity (Wildman–Crippen MR) is 115 cm³/mol. The fraction of sp³-hybridized carbons (Fsp3) is 0.227. The first-order valence-electron chi connectivity index (χ1n) is 9.56. The molecule has 6 nitrogen and oxygen atoms in total. The Morgan fingerprint density at radius 2 is 1.83 bits per heavy atom. The van der Waals surface area contributed by atoms with Gasteiger partial charge in [0.05, 0.1) is 5.69 Å². The summed E-state index contributed by atoms with van der Waals surface area (Å²) in [5.74, 6) is -0.0779. The molecule has 1 aliphatic rings. The van der Waals surface area contributed by atoms with Crippen LogP contribution in [0.3, 0.4) is 0 Å². The van der Waals surface area contributed by atoms with Crippen LogP contribution < -0.4 is 5.32 Å². The summed E-state index contributed by atoms with van der Waals surface area (Å²) in [6, 6.07) is 16.9. The molecule has 29 heavy (non-hydrogen) atoms. The van der Waals surface area contributed by atoms with Gasteiger partial charge < -0.3 is 10.2 Å². The average molecular weight is 453 g/mol. The quantitative estimate of drug-likeness (QED) is 0.618. The number of rotatable bonds is 4. The summed E-state index contributed by atoms with van der Waals surface area (Å²) in [6.45, 7) is 1.17. The van der Waals surface area contributed by atoms with Crippen molar-refractivity contribution in [3.63, 3.8) is 0 Å². The molecule has 1 aromatic heterocycles. The van der Waals surface area contributed by atoms with E-state index in [4.69, 9.17) is 0 Å². The van der Waals surface area contributed by atoms with E-state index in [1.807, 2.05) is 59.5 Å². The van der Waals surface area contributed by atoms with Crippen molar-refractivity contribution in [1.82, 2.24) is 15.1 Å². The third kappa shape index (κ3) is 4.56. The number of nitrogens with zero attached hydrogens (tertiary/aromatic N) is 2.